The van der Waals surface area contributed by atoms with Gasteiger partial charge in [-0.1, -0.05) is 11.6 Å². The number of carboxylic acid groups (broad SMARTS) is 1. The molecule has 13 heteroatoms. The Morgan fingerprint density at radius 1 is 1.35 bits per heavy atom. The third kappa shape index (κ3) is 5.16. The van der Waals surface area contributed by atoms with E-state index in [2.05, 4.69) is 26.1 Å². The Bertz CT molecular complexity index is 1210. The Labute approximate surface area is 191 Å². The highest BCUT2D eigenvalue weighted by atomic mass is 79.9. The second-order valence-electron chi connectivity index (χ2n) is 5.76. The van der Waals surface area contributed by atoms with Gasteiger partial charge in [0.25, 0.3) is 16.8 Å². The first kappa shape index (κ1) is 22.6. The van der Waals surface area contributed by atoms with Crippen LogP contribution in [0.4, 0.5) is 5.69 Å². The van der Waals surface area contributed by atoms with Crippen LogP contribution in [-0.2, 0) is 4.79 Å². The molecule has 0 saturated carbocycles. The number of carboxylic acids is 1. The molecule has 2 N–H and O–H groups in total. The quantitative estimate of drug-likeness (QED) is 0.186. The number of carbonyl (C=O) groups is 1. The van der Waals surface area contributed by atoms with E-state index in [0.717, 1.165) is 18.2 Å². The number of phenolic OH excluding ortho intramolecular Hbond substituents is 1. The first-order valence-electron chi connectivity index (χ1n) is 8.16. The number of rotatable bonds is 7. The van der Waals surface area contributed by atoms with E-state index in [0.29, 0.717) is 28.1 Å². The van der Waals surface area contributed by atoms with Crippen molar-refractivity contribution in [1.82, 2.24) is 10.2 Å². The second kappa shape index (κ2) is 9.37. The molecule has 0 aliphatic heterocycles. The average Bonchev–Trinajstić information content (AvgIpc) is 3.18. The first-order chi connectivity index (χ1) is 14.7. The number of non-ortho nitro benzene ring substituents is 1. The number of benzene rings is 2. The Kier molecular flexibility index (Phi) is 6.83. The highest BCUT2D eigenvalue weighted by molar-refractivity contribution is 9.10. The normalized spacial score (nSPS) is 11.4. The van der Waals surface area contributed by atoms with Crippen molar-refractivity contribution < 1.29 is 29.1 Å². The predicted octanol–water partition coefficient (Wildman–Crippen LogP) is 4.99. The van der Waals surface area contributed by atoms with Gasteiger partial charge in [-0.15, -0.1) is 10.2 Å². The molecule has 0 aliphatic carbocycles. The number of nitro benzene ring substituents is 1. The zero-order valence-electron chi connectivity index (χ0n) is 15.4. The number of hydrogen-bond donors (Lipinski definition) is 2. The summed E-state index contributed by atoms with van der Waals surface area (Å²) in [6.45, 7) is 0. The number of ether oxygens (including phenoxy) is 1. The van der Waals surface area contributed by atoms with Crippen LogP contribution in [0.25, 0.3) is 17.5 Å². The van der Waals surface area contributed by atoms with Crippen molar-refractivity contribution in [3.05, 3.63) is 60.4 Å². The summed E-state index contributed by atoms with van der Waals surface area (Å²) in [5.41, 5.74) is -0.00326. The Balaban J connectivity index is 1.97. The minimum absolute atomic E-state index is 0.0378. The predicted molar refractivity (Wildman–Crippen MR) is 115 cm³/mol. The number of aromatic nitrogens is 2. The lowest BCUT2D eigenvalue weighted by Gasteiger charge is -2.05. The fraction of sp³-hybridized carbons (Fsp3) is 0.0556. The fourth-order valence-electron chi connectivity index (χ4n) is 2.40. The van der Waals surface area contributed by atoms with Crippen molar-refractivity contribution in [2.24, 2.45) is 0 Å². The van der Waals surface area contributed by atoms with Crippen LogP contribution in [0, 0.1) is 10.1 Å². The summed E-state index contributed by atoms with van der Waals surface area (Å²) in [5, 5.41) is 38.7. The number of hydrogen-bond acceptors (Lipinski definition) is 9. The van der Waals surface area contributed by atoms with Crippen molar-refractivity contribution in [1.29, 1.82) is 0 Å². The largest absolute Gasteiger partial charge is 0.506 e. The van der Waals surface area contributed by atoms with Crippen molar-refractivity contribution in [3.63, 3.8) is 0 Å². The minimum Gasteiger partial charge on any atom is -0.506 e. The average molecular weight is 529 g/mol. The zero-order chi connectivity index (χ0) is 22.7. The fourth-order valence-corrected chi connectivity index (χ4v) is 3.70. The maximum Gasteiger partial charge on any atom is 0.342 e. The molecular weight excluding hydrogens is 518 g/mol. The van der Waals surface area contributed by atoms with Gasteiger partial charge in [-0.2, -0.15) is 0 Å². The van der Waals surface area contributed by atoms with Crippen LogP contribution in [0.1, 0.15) is 5.56 Å². The summed E-state index contributed by atoms with van der Waals surface area (Å²) < 4.78 is 10.8. The van der Waals surface area contributed by atoms with E-state index < -0.39 is 10.9 Å². The Morgan fingerprint density at radius 2 is 2.10 bits per heavy atom. The lowest BCUT2D eigenvalue weighted by Crippen LogP contribution is -1.97. The van der Waals surface area contributed by atoms with E-state index in [4.69, 9.17) is 20.8 Å². The number of aromatic hydroxyl groups is 1. The number of aliphatic carboxylic acids is 1. The molecule has 10 nitrogen and oxygen atoms in total. The van der Waals surface area contributed by atoms with Crippen LogP contribution in [0.2, 0.25) is 5.02 Å². The Hall–Kier alpha value is -3.09. The number of methoxy groups -OCH3 is 1. The lowest BCUT2D eigenvalue weighted by molar-refractivity contribution is -0.385. The number of phenols is 1. The molecule has 0 aliphatic rings. The molecule has 0 saturated heterocycles. The Morgan fingerprint density at radius 3 is 2.74 bits per heavy atom. The summed E-state index contributed by atoms with van der Waals surface area (Å²) >= 11 is 9.61. The third-order valence-corrected chi connectivity index (χ3v) is 5.47. The number of thioether (sulfide) groups is 1. The molecule has 3 aromatic rings. The molecule has 1 aromatic heterocycles. The maximum atomic E-state index is 11.7. The van der Waals surface area contributed by atoms with Gasteiger partial charge < -0.3 is 19.4 Å². The molecule has 3 rings (SSSR count). The molecule has 31 heavy (non-hydrogen) atoms. The van der Waals surface area contributed by atoms with Crippen molar-refractivity contribution in [2.75, 3.05) is 7.11 Å². The smallest absolute Gasteiger partial charge is 0.342 e. The number of nitro groups is 1. The minimum atomic E-state index is -1.37. The van der Waals surface area contributed by atoms with Crippen molar-refractivity contribution >= 4 is 57.0 Å². The molecule has 160 valence electrons. The van der Waals surface area contributed by atoms with Gasteiger partial charge in [0.2, 0.25) is 0 Å². The van der Waals surface area contributed by atoms with Gasteiger partial charge in [0.05, 0.1) is 22.1 Å². The van der Waals surface area contributed by atoms with Gasteiger partial charge in [0, 0.05) is 22.7 Å². The molecule has 0 unspecified atom stereocenters. The molecular formula is C18H11BrClN3O7S. The molecule has 1 heterocycles. The third-order valence-electron chi connectivity index (χ3n) is 3.78. The highest BCUT2D eigenvalue weighted by Crippen LogP contribution is 2.38. The topological polar surface area (TPSA) is 149 Å². The van der Waals surface area contributed by atoms with Crippen LogP contribution >= 0.6 is 39.3 Å². The lowest BCUT2D eigenvalue weighted by atomic mass is 10.1. The maximum absolute atomic E-state index is 11.7. The van der Waals surface area contributed by atoms with E-state index in [1.807, 2.05) is 0 Å². The van der Waals surface area contributed by atoms with E-state index >= 15 is 0 Å². The molecule has 2 aromatic carbocycles. The zero-order valence-corrected chi connectivity index (χ0v) is 18.6. The van der Waals surface area contributed by atoms with Crippen LogP contribution < -0.4 is 4.74 Å². The van der Waals surface area contributed by atoms with E-state index in [1.54, 1.807) is 18.2 Å². The molecule has 0 amide bonds. The SMILES string of the molecule is COc1ccc(Cl)cc1-c1nnc(S/C(=C\c2cc([N+](=O)[O-])cc(Br)c2O)C(=O)O)o1. The van der Waals surface area contributed by atoms with Gasteiger partial charge in [0.15, 0.2) is 0 Å². The van der Waals surface area contributed by atoms with Gasteiger partial charge >= 0.3 is 5.97 Å². The monoisotopic (exact) mass is 527 g/mol. The summed E-state index contributed by atoms with van der Waals surface area (Å²) in [6.07, 6.45) is 1.06. The van der Waals surface area contributed by atoms with Crippen LogP contribution in [0.15, 0.2) is 49.3 Å². The summed E-state index contributed by atoms with van der Waals surface area (Å²) in [4.78, 5) is 21.8. The van der Waals surface area contributed by atoms with E-state index in [9.17, 15) is 25.1 Å². The van der Waals surface area contributed by atoms with Crippen LogP contribution in [0.3, 0.4) is 0 Å². The van der Waals surface area contributed by atoms with Crippen LogP contribution in [0.5, 0.6) is 11.5 Å². The van der Waals surface area contributed by atoms with Crippen LogP contribution in [-0.4, -0.2) is 38.4 Å². The summed E-state index contributed by atoms with van der Waals surface area (Å²) in [6, 6.07) is 6.92. The first-order valence-corrected chi connectivity index (χ1v) is 10.2. The number of halogens is 2. The summed E-state index contributed by atoms with van der Waals surface area (Å²) in [5.74, 6) is -1.26. The van der Waals surface area contributed by atoms with E-state index in [-0.39, 0.29) is 37.5 Å². The van der Waals surface area contributed by atoms with Crippen molar-refractivity contribution in [3.8, 4) is 23.0 Å². The summed E-state index contributed by atoms with van der Waals surface area (Å²) in [7, 11) is 1.45. The molecule has 0 atom stereocenters. The molecule has 0 bridgehead atoms. The molecule has 0 fully saturated rings. The van der Waals surface area contributed by atoms with Crippen molar-refractivity contribution in [2.45, 2.75) is 5.22 Å². The van der Waals surface area contributed by atoms with E-state index in [1.165, 1.54) is 7.11 Å². The van der Waals surface area contributed by atoms with Gasteiger partial charge in [-0.3, -0.25) is 10.1 Å². The molecule has 0 spiro atoms. The second-order valence-corrected chi connectivity index (χ2v) is 8.04. The molecule has 0 radical (unpaired) electrons. The number of nitrogens with zero attached hydrogens (tertiary/aromatic N) is 3. The standard InChI is InChI=1S/C18H11BrClN3O7S/c1-29-13-3-2-9(20)6-11(13)16-21-22-18(30-16)31-14(17(25)26)5-8-4-10(23(27)28)7-12(19)15(8)24/h2-7,24H,1H3,(H,25,26)/b14-5-. The van der Waals surface area contributed by atoms with Gasteiger partial charge in [-0.25, -0.2) is 4.79 Å². The van der Waals surface area contributed by atoms with Gasteiger partial charge in [0.1, 0.15) is 16.4 Å². The van der Waals surface area contributed by atoms with Gasteiger partial charge in [-0.05, 0) is 52.0 Å². The highest BCUT2D eigenvalue weighted by Gasteiger charge is 2.20.